The van der Waals surface area contributed by atoms with Gasteiger partial charge in [0.25, 0.3) is 5.91 Å². The number of pyridine rings is 1. The highest BCUT2D eigenvalue weighted by atomic mass is 32.1. The number of thiophene rings is 1. The fourth-order valence-electron chi connectivity index (χ4n) is 1.98. The number of aromatic nitrogens is 1. The fraction of sp³-hybridized carbons (Fsp3) is 0.0625. The molecule has 6 heteroatoms. The number of carbonyl (C=O) groups excluding carboxylic acids is 1. The number of nitrogens with zero attached hydrogens (tertiary/aromatic N) is 2. The maximum absolute atomic E-state index is 11.7. The molecule has 0 radical (unpaired) electrons. The lowest BCUT2D eigenvalue weighted by Gasteiger charge is -2.06. The standard InChI is InChI=1S/C16H11N3O2S/c1-18-16(20)14-6-12-13(8-19-9-15(12)22-14)21-11-4-2-10(7-17)3-5-11/h2-6,8-9H,1H3,(H,18,20). The van der Waals surface area contributed by atoms with Crippen molar-refractivity contribution in [3.05, 3.63) is 53.2 Å². The maximum atomic E-state index is 11.7. The first kappa shape index (κ1) is 14.0. The summed E-state index contributed by atoms with van der Waals surface area (Å²) in [6.07, 6.45) is 3.32. The monoisotopic (exact) mass is 309 g/mol. The Labute approximate surface area is 130 Å². The second-order valence-corrected chi connectivity index (χ2v) is 5.56. The van der Waals surface area contributed by atoms with Crippen molar-refractivity contribution in [1.29, 1.82) is 5.26 Å². The van der Waals surface area contributed by atoms with Gasteiger partial charge in [-0.25, -0.2) is 0 Å². The molecule has 1 amide bonds. The van der Waals surface area contributed by atoms with Gasteiger partial charge >= 0.3 is 0 Å². The Bertz CT molecular complexity index is 879. The summed E-state index contributed by atoms with van der Waals surface area (Å²) in [5.41, 5.74) is 0.570. The predicted molar refractivity (Wildman–Crippen MR) is 84.2 cm³/mol. The third kappa shape index (κ3) is 2.62. The number of nitriles is 1. The van der Waals surface area contributed by atoms with E-state index in [1.165, 1.54) is 11.3 Å². The van der Waals surface area contributed by atoms with Crippen LogP contribution in [0, 0.1) is 11.3 Å². The molecular formula is C16H11N3O2S. The van der Waals surface area contributed by atoms with Crippen LogP contribution >= 0.6 is 11.3 Å². The normalized spacial score (nSPS) is 10.2. The molecule has 0 saturated heterocycles. The molecule has 0 aliphatic rings. The molecule has 2 heterocycles. The smallest absolute Gasteiger partial charge is 0.261 e. The highest BCUT2D eigenvalue weighted by molar-refractivity contribution is 7.20. The zero-order valence-corrected chi connectivity index (χ0v) is 12.5. The van der Waals surface area contributed by atoms with Crippen molar-refractivity contribution < 1.29 is 9.53 Å². The number of amides is 1. The third-order valence-corrected chi connectivity index (χ3v) is 4.14. The van der Waals surface area contributed by atoms with Gasteiger partial charge in [0, 0.05) is 18.6 Å². The Hall–Kier alpha value is -2.91. The van der Waals surface area contributed by atoms with Crippen molar-refractivity contribution in [3.63, 3.8) is 0 Å². The Morgan fingerprint density at radius 1 is 1.32 bits per heavy atom. The molecule has 0 atom stereocenters. The minimum atomic E-state index is -0.134. The number of benzene rings is 1. The predicted octanol–water partition coefficient (Wildman–Crippen LogP) is 3.32. The van der Waals surface area contributed by atoms with Crippen LogP contribution in [0.4, 0.5) is 0 Å². The van der Waals surface area contributed by atoms with Crippen LogP contribution in [0.3, 0.4) is 0 Å². The van der Waals surface area contributed by atoms with Gasteiger partial charge < -0.3 is 10.1 Å². The topological polar surface area (TPSA) is 75.0 Å². The van der Waals surface area contributed by atoms with Crippen LogP contribution in [0.2, 0.25) is 0 Å². The van der Waals surface area contributed by atoms with Crippen molar-refractivity contribution in [2.75, 3.05) is 7.05 Å². The van der Waals surface area contributed by atoms with Gasteiger partial charge in [0.05, 0.1) is 27.4 Å². The minimum absolute atomic E-state index is 0.134. The van der Waals surface area contributed by atoms with E-state index in [1.54, 1.807) is 49.8 Å². The van der Waals surface area contributed by atoms with E-state index in [1.807, 2.05) is 0 Å². The molecule has 0 unspecified atom stereocenters. The number of ether oxygens (including phenoxy) is 1. The number of nitrogens with one attached hydrogen (secondary N) is 1. The highest BCUT2D eigenvalue weighted by Crippen LogP contribution is 2.34. The summed E-state index contributed by atoms with van der Waals surface area (Å²) in [6, 6.07) is 10.7. The van der Waals surface area contributed by atoms with Crippen molar-refractivity contribution >= 4 is 27.3 Å². The lowest BCUT2D eigenvalue weighted by Crippen LogP contribution is -2.15. The summed E-state index contributed by atoms with van der Waals surface area (Å²) in [4.78, 5) is 16.5. The zero-order chi connectivity index (χ0) is 15.5. The molecule has 0 spiro atoms. The van der Waals surface area contributed by atoms with Crippen molar-refractivity contribution in [1.82, 2.24) is 10.3 Å². The first-order valence-electron chi connectivity index (χ1n) is 6.49. The molecule has 3 rings (SSSR count). The Kier molecular flexibility index (Phi) is 3.73. The van der Waals surface area contributed by atoms with Gasteiger partial charge in [0.2, 0.25) is 0 Å². The van der Waals surface area contributed by atoms with Gasteiger partial charge in [-0.1, -0.05) is 0 Å². The van der Waals surface area contributed by atoms with Gasteiger partial charge in [-0.2, -0.15) is 5.26 Å². The van der Waals surface area contributed by atoms with E-state index in [4.69, 9.17) is 10.00 Å². The van der Waals surface area contributed by atoms with Gasteiger partial charge in [-0.3, -0.25) is 9.78 Å². The summed E-state index contributed by atoms with van der Waals surface area (Å²) in [5, 5.41) is 12.2. The summed E-state index contributed by atoms with van der Waals surface area (Å²) >= 11 is 1.36. The molecule has 0 saturated carbocycles. The lowest BCUT2D eigenvalue weighted by molar-refractivity contribution is 0.0967. The van der Waals surface area contributed by atoms with Crippen LogP contribution in [0.15, 0.2) is 42.7 Å². The van der Waals surface area contributed by atoms with Crippen LogP contribution < -0.4 is 10.1 Å². The van der Waals surface area contributed by atoms with Crippen LogP contribution in [-0.4, -0.2) is 17.9 Å². The van der Waals surface area contributed by atoms with Gasteiger partial charge in [0.15, 0.2) is 5.75 Å². The molecule has 2 aromatic heterocycles. The molecule has 0 aliphatic carbocycles. The number of fused-ring (bicyclic) bond motifs is 1. The molecule has 0 aliphatic heterocycles. The average molecular weight is 309 g/mol. The van der Waals surface area contributed by atoms with E-state index in [2.05, 4.69) is 16.4 Å². The number of hydrogen-bond acceptors (Lipinski definition) is 5. The minimum Gasteiger partial charge on any atom is -0.455 e. The van der Waals surface area contributed by atoms with E-state index in [-0.39, 0.29) is 5.91 Å². The molecule has 108 valence electrons. The fourth-order valence-corrected chi connectivity index (χ4v) is 2.97. The van der Waals surface area contributed by atoms with E-state index >= 15 is 0 Å². The van der Waals surface area contributed by atoms with Crippen LogP contribution in [0.1, 0.15) is 15.2 Å². The quantitative estimate of drug-likeness (QED) is 0.805. The third-order valence-electron chi connectivity index (χ3n) is 3.07. The molecule has 1 N–H and O–H groups in total. The van der Waals surface area contributed by atoms with E-state index in [9.17, 15) is 4.79 Å². The summed E-state index contributed by atoms with van der Waals surface area (Å²) in [6.45, 7) is 0. The van der Waals surface area contributed by atoms with Gasteiger partial charge in [0.1, 0.15) is 5.75 Å². The second kappa shape index (κ2) is 5.84. The Morgan fingerprint density at radius 3 is 2.77 bits per heavy atom. The summed E-state index contributed by atoms with van der Waals surface area (Å²) in [7, 11) is 1.60. The molecular weight excluding hydrogens is 298 g/mol. The van der Waals surface area contributed by atoms with Crippen molar-refractivity contribution in [3.8, 4) is 17.6 Å². The average Bonchev–Trinajstić information content (AvgIpc) is 3.00. The first-order chi connectivity index (χ1) is 10.7. The molecule has 0 fully saturated rings. The summed E-state index contributed by atoms with van der Waals surface area (Å²) in [5.74, 6) is 1.06. The van der Waals surface area contributed by atoms with Crippen molar-refractivity contribution in [2.45, 2.75) is 0 Å². The molecule has 22 heavy (non-hydrogen) atoms. The first-order valence-corrected chi connectivity index (χ1v) is 7.30. The number of carbonyl (C=O) groups is 1. The van der Waals surface area contributed by atoms with E-state index in [0.29, 0.717) is 21.9 Å². The van der Waals surface area contributed by atoms with Crippen molar-refractivity contribution in [2.24, 2.45) is 0 Å². The summed E-state index contributed by atoms with van der Waals surface area (Å²) < 4.78 is 6.70. The maximum Gasteiger partial charge on any atom is 0.261 e. The highest BCUT2D eigenvalue weighted by Gasteiger charge is 2.12. The molecule has 0 bridgehead atoms. The SMILES string of the molecule is CNC(=O)c1cc2c(Oc3ccc(C#N)cc3)cncc2s1. The largest absolute Gasteiger partial charge is 0.455 e. The Balaban J connectivity index is 1.97. The van der Waals surface area contributed by atoms with Crippen LogP contribution in [0.5, 0.6) is 11.5 Å². The number of hydrogen-bond donors (Lipinski definition) is 1. The van der Waals surface area contributed by atoms with E-state index in [0.717, 1.165) is 10.1 Å². The Morgan fingerprint density at radius 2 is 2.09 bits per heavy atom. The second-order valence-electron chi connectivity index (χ2n) is 4.48. The lowest BCUT2D eigenvalue weighted by atomic mass is 10.2. The van der Waals surface area contributed by atoms with Crippen LogP contribution in [0.25, 0.3) is 10.1 Å². The van der Waals surface area contributed by atoms with Crippen LogP contribution in [-0.2, 0) is 0 Å². The zero-order valence-electron chi connectivity index (χ0n) is 11.7. The number of rotatable bonds is 3. The van der Waals surface area contributed by atoms with Gasteiger partial charge in [-0.15, -0.1) is 11.3 Å². The van der Waals surface area contributed by atoms with Gasteiger partial charge in [-0.05, 0) is 30.3 Å². The molecule has 1 aromatic carbocycles. The molecule has 3 aromatic rings. The molecule has 5 nitrogen and oxygen atoms in total. The van der Waals surface area contributed by atoms with E-state index < -0.39 is 0 Å².